The minimum atomic E-state index is 0.101. The molecule has 2 saturated heterocycles. The van der Waals surface area contributed by atoms with Gasteiger partial charge in [-0.15, -0.1) is 0 Å². The van der Waals surface area contributed by atoms with Crippen molar-refractivity contribution in [1.82, 2.24) is 0 Å². The average Bonchev–Trinajstić information content (AvgIpc) is 2.82. The van der Waals surface area contributed by atoms with Crippen molar-refractivity contribution < 1.29 is 19.3 Å². The number of carbonyl (C=O) groups is 1. The summed E-state index contributed by atoms with van der Waals surface area (Å²) in [7, 11) is 2.27. The molecule has 4 heteroatoms. The van der Waals surface area contributed by atoms with Crippen LogP contribution in [-0.4, -0.2) is 51.8 Å². The van der Waals surface area contributed by atoms with Crippen molar-refractivity contribution in [3.8, 4) is 0 Å². The predicted octanol–water partition coefficient (Wildman–Crippen LogP) is -0.142. The van der Waals surface area contributed by atoms with Gasteiger partial charge in [0.15, 0.2) is 0 Å². The zero-order chi connectivity index (χ0) is 16.9. The van der Waals surface area contributed by atoms with Crippen LogP contribution >= 0.6 is 0 Å². The van der Waals surface area contributed by atoms with Crippen LogP contribution in [0.25, 0.3) is 0 Å². The lowest BCUT2D eigenvalue weighted by Gasteiger charge is -2.45. The van der Waals surface area contributed by atoms with Gasteiger partial charge in [0.25, 0.3) is 0 Å². The smallest absolute Gasteiger partial charge is 0.315 e. The van der Waals surface area contributed by atoms with E-state index in [1.165, 1.54) is 45.4 Å². The minimum absolute atomic E-state index is 0.101. The molecular formula is C20H34N2O2+2. The van der Waals surface area contributed by atoms with Crippen molar-refractivity contribution >= 4 is 5.97 Å². The van der Waals surface area contributed by atoms with E-state index in [9.17, 15) is 4.79 Å². The lowest BCUT2D eigenvalue weighted by molar-refractivity contribution is -1.00. The van der Waals surface area contributed by atoms with Crippen LogP contribution < -0.4 is 9.80 Å². The molecule has 2 aliphatic heterocycles. The number of rotatable bonds is 2. The van der Waals surface area contributed by atoms with Gasteiger partial charge >= 0.3 is 5.97 Å². The van der Waals surface area contributed by atoms with Crippen LogP contribution in [0.4, 0.5) is 0 Å². The summed E-state index contributed by atoms with van der Waals surface area (Å²) in [6.07, 6.45) is 6.19. The van der Waals surface area contributed by atoms with Crippen LogP contribution in [0.2, 0.25) is 0 Å². The molecule has 2 aliphatic carbocycles. The maximum Gasteiger partial charge on any atom is 0.315 e. The van der Waals surface area contributed by atoms with Gasteiger partial charge in [-0.3, -0.25) is 4.79 Å². The number of allylic oxidation sites excluding steroid dienone is 2. The Morgan fingerprint density at radius 2 is 2.00 bits per heavy atom. The Labute approximate surface area is 146 Å². The first kappa shape index (κ1) is 16.6. The molecular weight excluding hydrogens is 300 g/mol. The fraction of sp³-hybridized carbons (Fsp3) is 0.850. The Bertz CT molecular complexity index is 550. The minimum Gasteiger partial charge on any atom is -0.462 e. The van der Waals surface area contributed by atoms with Gasteiger partial charge in [0.1, 0.15) is 38.2 Å². The van der Waals surface area contributed by atoms with Crippen molar-refractivity contribution in [3.63, 3.8) is 0 Å². The number of nitrogens with one attached hydrogen (secondary N) is 2. The van der Waals surface area contributed by atoms with Crippen molar-refractivity contribution in [3.05, 3.63) is 11.1 Å². The summed E-state index contributed by atoms with van der Waals surface area (Å²) in [6.45, 7) is 10.6. The zero-order valence-electron chi connectivity index (χ0n) is 15.6. The van der Waals surface area contributed by atoms with Crippen LogP contribution in [0.15, 0.2) is 11.1 Å². The van der Waals surface area contributed by atoms with E-state index < -0.39 is 0 Å². The highest BCUT2D eigenvalue weighted by Crippen LogP contribution is 2.54. The molecule has 0 radical (unpaired) electrons. The highest BCUT2D eigenvalue weighted by atomic mass is 16.6. The molecule has 24 heavy (non-hydrogen) atoms. The van der Waals surface area contributed by atoms with E-state index in [-0.39, 0.29) is 18.0 Å². The first-order valence-electron chi connectivity index (χ1n) is 10.0. The SMILES string of the molecule is CC1=C2C[C@H]3[C@@H](C[C@@]2(C)CCC1)OC(=O)[C@@H]3C[NH+]1CC[NH+](C)CC1. The van der Waals surface area contributed by atoms with Crippen molar-refractivity contribution in [2.45, 2.75) is 52.1 Å². The summed E-state index contributed by atoms with van der Waals surface area (Å²) >= 11 is 0. The zero-order valence-corrected chi connectivity index (χ0v) is 15.6. The van der Waals surface area contributed by atoms with Crippen molar-refractivity contribution in [2.24, 2.45) is 17.3 Å². The Balaban J connectivity index is 1.50. The summed E-state index contributed by atoms with van der Waals surface area (Å²) < 4.78 is 5.91. The topological polar surface area (TPSA) is 35.2 Å². The highest BCUT2D eigenvalue weighted by molar-refractivity contribution is 5.75. The molecule has 4 aliphatic rings. The average molecular weight is 335 g/mol. The lowest BCUT2D eigenvalue weighted by atomic mass is 9.59. The summed E-state index contributed by atoms with van der Waals surface area (Å²) in [4.78, 5) is 15.9. The molecule has 0 bridgehead atoms. The fourth-order valence-electron chi connectivity index (χ4n) is 5.89. The maximum absolute atomic E-state index is 12.6. The molecule has 4 atom stereocenters. The van der Waals surface area contributed by atoms with Gasteiger partial charge in [0.2, 0.25) is 0 Å². The molecule has 0 aromatic heterocycles. The Hall–Kier alpha value is -0.870. The Morgan fingerprint density at radius 3 is 2.75 bits per heavy atom. The molecule has 2 heterocycles. The normalized spacial score (nSPS) is 45.6. The van der Waals surface area contributed by atoms with Crippen LogP contribution in [0.3, 0.4) is 0 Å². The monoisotopic (exact) mass is 334 g/mol. The molecule has 0 aromatic rings. The van der Waals surface area contributed by atoms with Crippen LogP contribution in [0.1, 0.15) is 46.0 Å². The van der Waals surface area contributed by atoms with E-state index in [0.717, 1.165) is 19.4 Å². The van der Waals surface area contributed by atoms with E-state index in [0.29, 0.717) is 11.3 Å². The molecule has 4 nitrogen and oxygen atoms in total. The van der Waals surface area contributed by atoms with Gasteiger partial charge in [-0.1, -0.05) is 18.1 Å². The number of quaternary nitrogens is 2. The van der Waals surface area contributed by atoms with E-state index in [1.54, 1.807) is 20.9 Å². The third-order valence-corrected chi connectivity index (χ3v) is 7.50. The fourth-order valence-corrected chi connectivity index (χ4v) is 5.89. The number of esters is 1. The Kier molecular flexibility index (Phi) is 4.24. The second kappa shape index (κ2) is 6.14. The first-order chi connectivity index (χ1) is 11.5. The maximum atomic E-state index is 12.6. The van der Waals surface area contributed by atoms with E-state index in [1.807, 2.05) is 0 Å². The van der Waals surface area contributed by atoms with E-state index in [4.69, 9.17) is 4.74 Å². The van der Waals surface area contributed by atoms with Gasteiger partial charge in [0.05, 0.1) is 13.6 Å². The second-order valence-electron chi connectivity index (χ2n) is 9.24. The number of hydrogen-bond donors (Lipinski definition) is 2. The van der Waals surface area contributed by atoms with E-state index in [2.05, 4.69) is 20.9 Å². The quantitative estimate of drug-likeness (QED) is 0.545. The van der Waals surface area contributed by atoms with Gasteiger partial charge in [-0.25, -0.2) is 0 Å². The Morgan fingerprint density at radius 1 is 1.25 bits per heavy atom. The first-order valence-corrected chi connectivity index (χ1v) is 10.0. The van der Waals surface area contributed by atoms with Crippen molar-refractivity contribution in [2.75, 3.05) is 39.8 Å². The molecule has 0 unspecified atom stereocenters. The molecule has 0 spiro atoms. The van der Waals surface area contributed by atoms with E-state index >= 15 is 0 Å². The predicted molar refractivity (Wildman–Crippen MR) is 92.9 cm³/mol. The largest absolute Gasteiger partial charge is 0.462 e. The molecule has 0 aromatic carbocycles. The molecule has 4 rings (SSSR count). The summed E-state index contributed by atoms with van der Waals surface area (Å²) in [5.74, 6) is 0.674. The van der Waals surface area contributed by atoms with Gasteiger partial charge in [-0.05, 0) is 44.4 Å². The summed E-state index contributed by atoms with van der Waals surface area (Å²) in [5.41, 5.74) is 3.58. The molecule has 134 valence electrons. The van der Waals surface area contributed by atoms with Crippen molar-refractivity contribution in [1.29, 1.82) is 0 Å². The lowest BCUT2D eigenvalue weighted by Crippen LogP contribution is -3.27. The molecule has 2 N–H and O–H groups in total. The highest BCUT2D eigenvalue weighted by Gasteiger charge is 2.54. The number of piperazine rings is 1. The standard InChI is InChI=1S/C20H32N2O2/c1-14-5-4-6-20(2)12-18-15(11-17(14)20)16(19(23)24-18)13-22-9-7-21(3)8-10-22/h15-16,18H,4-13H2,1-3H3/p+2/t15-,16-,18-,20-/m1/s1. The number of hydrogen-bond acceptors (Lipinski definition) is 2. The summed E-state index contributed by atoms with van der Waals surface area (Å²) in [6, 6.07) is 0. The van der Waals surface area contributed by atoms with Crippen LogP contribution in [-0.2, 0) is 9.53 Å². The number of likely N-dealkylation sites (N-methyl/N-ethyl adjacent to an activating group) is 1. The number of fused-ring (bicyclic) bond motifs is 2. The van der Waals surface area contributed by atoms with Gasteiger partial charge in [-0.2, -0.15) is 0 Å². The third kappa shape index (κ3) is 2.82. The van der Waals surface area contributed by atoms with Gasteiger partial charge in [0, 0.05) is 5.92 Å². The molecule has 0 amide bonds. The number of carbonyl (C=O) groups excluding carboxylic acids is 1. The third-order valence-electron chi connectivity index (χ3n) is 7.50. The number of ether oxygens (including phenoxy) is 1. The summed E-state index contributed by atoms with van der Waals surface area (Å²) in [5, 5.41) is 0. The van der Waals surface area contributed by atoms with Crippen LogP contribution in [0, 0.1) is 17.3 Å². The van der Waals surface area contributed by atoms with Crippen LogP contribution in [0.5, 0.6) is 0 Å². The molecule has 1 saturated carbocycles. The second-order valence-corrected chi connectivity index (χ2v) is 9.24. The van der Waals surface area contributed by atoms with Gasteiger partial charge < -0.3 is 14.5 Å². The molecule has 3 fully saturated rings.